The minimum absolute atomic E-state index is 0.181. The first-order chi connectivity index (χ1) is 12.4. The van der Waals surface area contributed by atoms with Crippen LogP contribution < -0.4 is 14.2 Å². The summed E-state index contributed by atoms with van der Waals surface area (Å²) < 4.78 is 53.9. The molecule has 136 valence electrons. The van der Waals surface area contributed by atoms with Crippen LogP contribution in [0.4, 0.5) is 4.39 Å². The molecule has 0 aliphatic heterocycles. The second kappa shape index (κ2) is 7.89. The van der Waals surface area contributed by atoms with Crippen molar-refractivity contribution in [1.29, 1.82) is 5.26 Å². The number of rotatable bonds is 6. The summed E-state index contributed by atoms with van der Waals surface area (Å²) in [4.78, 5) is -0.683. The van der Waals surface area contributed by atoms with E-state index < -0.39 is 20.6 Å². The highest BCUT2D eigenvalue weighted by molar-refractivity contribution is 7.95. The van der Waals surface area contributed by atoms with Crippen molar-refractivity contribution in [3.63, 3.8) is 0 Å². The van der Waals surface area contributed by atoms with Gasteiger partial charge in [-0.3, -0.25) is 0 Å². The molecule has 8 heteroatoms. The first-order valence-corrected chi connectivity index (χ1v) is 8.78. The predicted octanol–water partition coefficient (Wildman–Crippen LogP) is 3.19. The maximum Gasteiger partial charge on any atom is 0.216 e. The van der Waals surface area contributed by atoms with Crippen LogP contribution in [0.2, 0.25) is 0 Å². The molecular formula is C18H16FNO5S. The van der Waals surface area contributed by atoms with Gasteiger partial charge in [0, 0.05) is 0 Å². The molecule has 0 spiro atoms. The lowest BCUT2D eigenvalue weighted by molar-refractivity contribution is 0.324. The number of nitriles is 1. The van der Waals surface area contributed by atoms with Gasteiger partial charge in [0.15, 0.2) is 11.5 Å². The van der Waals surface area contributed by atoms with E-state index in [1.54, 1.807) is 6.07 Å². The van der Waals surface area contributed by atoms with E-state index in [-0.39, 0.29) is 4.90 Å². The van der Waals surface area contributed by atoms with Crippen molar-refractivity contribution in [3.05, 3.63) is 52.7 Å². The molecule has 26 heavy (non-hydrogen) atoms. The molecule has 0 bridgehead atoms. The van der Waals surface area contributed by atoms with E-state index in [0.29, 0.717) is 22.8 Å². The third-order valence-corrected chi connectivity index (χ3v) is 5.19. The zero-order chi connectivity index (χ0) is 19.3. The van der Waals surface area contributed by atoms with E-state index >= 15 is 0 Å². The average Bonchev–Trinajstić information content (AvgIpc) is 2.65. The van der Waals surface area contributed by atoms with Crippen molar-refractivity contribution < 1.29 is 27.0 Å². The van der Waals surface area contributed by atoms with Crippen LogP contribution in [-0.4, -0.2) is 29.7 Å². The SMILES string of the molecule is COc1cc(/C=C(\C#N)S(=O)(=O)c2ccc(F)cc2)cc(OC)c1OC. The molecule has 2 aromatic rings. The first kappa shape index (κ1) is 19.3. The van der Waals surface area contributed by atoms with Gasteiger partial charge in [0.25, 0.3) is 0 Å². The van der Waals surface area contributed by atoms with E-state index in [2.05, 4.69) is 0 Å². The third kappa shape index (κ3) is 3.78. The molecule has 0 radical (unpaired) electrons. The molecule has 0 aromatic heterocycles. The fourth-order valence-corrected chi connectivity index (χ4v) is 3.41. The molecule has 0 aliphatic rings. The van der Waals surface area contributed by atoms with Gasteiger partial charge < -0.3 is 14.2 Å². The largest absolute Gasteiger partial charge is 0.493 e. The summed E-state index contributed by atoms with van der Waals surface area (Å²) in [6, 6.07) is 8.93. The Balaban J connectivity index is 2.59. The highest BCUT2D eigenvalue weighted by Gasteiger charge is 2.22. The summed E-state index contributed by atoms with van der Waals surface area (Å²) in [6.07, 6.45) is 1.18. The zero-order valence-electron chi connectivity index (χ0n) is 14.3. The van der Waals surface area contributed by atoms with Gasteiger partial charge in [0.2, 0.25) is 15.6 Å². The standard InChI is InChI=1S/C18H16FNO5S/c1-23-16-9-12(10-17(24-2)18(16)25-3)8-15(11-20)26(21,22)14-6-4-13(19)5-7-14/h4-10H,1-3H3/b15-8+. The molecule has 2 aromatic carbocycles. The van der Waals surface area contributed by atoms with Gasteiger partial charge >= 0.3 is 0 Å². The van der Waals surface area contributed by atoms with Crippen molar-refractivity contribution in [3.8, 4) is 23.3 Å². The van der Waals surface area contributed by atoms with Gasteiger partial charge in [0.1, 0.15) is 16.8 Å². The van der Waals surface area contributed by atoms with Crippen LogP contribution in [0, 0.1) is 17.1 Å². The van der Waals surface area contributed by atoms with E-state index in [1.807, 2.05) is 0 Å². The van der Waals surface area contributed by atoms with Crippen LogP contribution in [0.1, 0.15) is 5.56 Å². The van der Waals surface area contributed by atoms with Crippen LogP contribution in [0.3, 0.4) is 0 Å². The van der Waals surface area contributed by atoms with Gasteiger partial charge in [-0.1, -0.05) is 0 Å². The Kier molecular flexibility index (Phi) is 5.85. The van der Waals surface area contributed by atoms with E-state index in [9.17, 15) is 18.1 Å². The number of halogens is 1. The molecule has 0 atom stereocenters. The summed E-state index contributed by atoms with van der Waals surface area (Å²) in [7, 11) is 0.183. The van der Waals surface area contributed by atoms with Crippen molar-refractivity contribution in [1.82, 2.24) is 0 Å². The minimum atomic E-state index is -4.10. The van der Waals surface area contributed by atoms with E-state index in [0.717, 1.165) is 24.3 Å². The Bertz CT molecular complexity index is 951. The number of nitrogens with zero attached hydrogens (tertiary/aromatic N) is 1. The lowest BCUT2D eigenvalue weighted by atomic mass is 10.1. The number of hydrogen-bond donors (Lipinski definition) is 0. The Morgan fingerprint density at radius 1 is 1.04 bits per heavy atom. The first-order valence-electron chi connectivity index (χ1n) is 7.29. The molecule has 0 heterocycles. The topological polar surface area (TPSA) is 85.6 Å². The van der Waals surface area contributed by atoms with Crippen LogP contribution in [0.15, 0.2) is 46.2 Å². The Hall–Kier alpha value is -3.05. The molecule has 0 aliphatic carbocycles. The Labute approximate surface area is 151 Å². The fraction of sp³-hybridized carbons (Fsp3) is 0.167. The van der Waals surface area contributed by atoms with Crippen molar-refractivity contribution in [2.45, 2.75) is 4.90 Å². The van der Waals surface area contributed by atoms with Crippen molar-refractivity contribution >= 4 is 15.9 Å². The summed E-state index contributed by atoms with van der Waals surface area (Å²) in [5, 5.41) is 9.33. The number of methoxy groups -OCH3 is 3. The molecule has 0 fully saturated rings. The Morgan fingerprint density at radius 3 is 2.00 bits per heavy atom. The molecule has 0 N–H and O–H groups in total. The molecule has 0 saturated heterocycles. The highest BCUT2D eigenvalue weighted by Crippen LogP contribution is 2.39. The molecule has 0 amide bonds. The normalized spacial score (nSPS) is 11.6. The third-order valence-electron chi connectivity index (χ3n) is 3.51. The number of ether oxygens (including phenoxy) is 3. The number of benzene rings is 2. The maximum atomic E-state index is 13.0. The smallest absolute Gasteiger partial charge is 0.216 e. The van der Waals surface area contributed by atoms with Crippen LogP contribution >= 0.6 is 0 Å². The highest BCUT2D eigenvalue weighted by atomic mass is 32.2. The molecule has 0 saturated carbocycles. The lowest BCUT2D eigenvalue weighted by Crippen LogP contribution is -2.04. The maximum absolute atomic E-state index is 13.0. The molecular weight excluding hydrogens is 361 g/mol. The zero-order valence-corrected chi connectivity index (χ0v) is 15.1. The fourth-order valence-electron chi connectivity index (χ4n) is 2.25. The number of allylic oxidation sites excluding steroid dienone is 1. The second-order valence-electron chi connectivity index (χ2n) is 5.04. The van der Waals surface area contributed by atoms with E-state index in [4.69, 9.17) is 14.2 Å². The van der Waals surface area contributed by atoms with Gasteiger partial charge in [0.05, 0.1) is 26.2 Å². The predicted molar refractivity (Wildman–Crippen MR) is 93.3 cm³/mol. The molecule has 2 rings (SSSR count). The monoisotopic (exact) mass is 377 g/mol. The van der Waals surface area contributed by atoms with Gasteiger partial charge in [-0.15, -0.1) is 0 Å². The minimum Gasteiger partial charge on any atom is -0.493 e. The van der Waals surface area contributed by atoms with Gasteiger partial charge in [-0.25, -0.2) is 12.8 Å². The summed E-state index contributed by atoms with van der Waals surface area (Å²) >= 11 is 0. The quantitative estimate of drug-likeness (QED) is 0.568. The lowest BCUT2D eigenvalue weighted by Gasteiger charge is -2.13. The number of sulfone groups is 1. The van der Waals surface area contributed by atoms with Gasteiger partial charge in [-0.2, -0.15) is 5.26 Å². The molecule has 0 unspecified atom stereocenters. The van der Waals surface area contributed by atoms with E-state index in [1.165, 1.54) is 39.5 Å². The summed E-state index contributed by atoms with van der Waals surface area (Å²) in [6.45, 7) is 0. The van der Waals surface area contributed by atoms with Crippen LogP contribution in [-0.2, 0) is 9.84 Å². The average molecular weight is 377 g/mol. The van der Waals surface area contributed by atoms with Crippen LogP contribution in [0.25, 0.3) is 6.08 Å². The van der Waals surface area contributed by atoms with Crippen molar-refractivity contribution in [2.24, 2.45) is 0 Å². The molecule has 6 nitrogen and oxygen atoms in total. The second-order valence-corrected chi connectivity index (χ2v) is 6.95. The number of hydrogen-bond acceptors (Lipinski definition) is 6. The van der Waals surface area contributed by atoms with Gasteiger partial charge in [-0.05, 0) is 48.0 Å². The summed E-state index contributed by atoms with van der Waals surface area (Å²) in [5.74, 6) is 0.396. The van der Waals surface area contributed by atoms with Crippen LogP contribution in [0.5, 0.6) is 17.2 Å². The Morgan fingerprint density at radius 2 is 1.58 bits per heavy atom. The summed E-state index contributed by atoms with van der Waals surface area (Å²) in [5.41, 5.74) is 0.363. The van der Waals surface area contributed by atoms with Crippen molar-refractivity contribution in [2.75, 3.05) is 21.3 Å².